The molecule has 1 heterocycles. The molecule has 2 aromatic carbocycles. The van der Waals surface area contributed by atoms with Gasteiger partial charge in [-0.2, -0.15) is 0 Å². The molecule has 0 unspecified atom stereocenters. The summed E-state index contributed by atoms with van der Waals surface area (Å²) in [5.41, 5.74) is 4.98. The number of ether oxygens (including phenoxy) is 2. The highest BCUT2D eigenvalue weighted by Crippen LogP contribution is 2.32. The minimum atomic E-state index is -0.883. The summed E-state index contributed by atoms with van der Waals surface area (Å²) in [7, 11) is 2.97. The Labute approximate surface area is 141 Å². The Hall–Kier alpha value is -3.35. The molecule has 0 spiro atoms. The van der Waals surface area contributed by atoms with E-state index in [0.29, 0.717) is 17.1 Å². The number of benzene rings is 2. The number of carbonyl (C=O) groups is 1. The van der Waals surface area contributed by atoms with Crippen LogP contribution >= 0.6 is 0 Å². The standard InChI is InChI=1S/C18H14FNO5/c1-23-14-4-3-9(7-15(14)24-2)12-6-10-5-11(19)8-13(17(20)21)16(10)25-18(12)22/h3-8H,1-2H3,(H2,20,21). The lowest BCUT2D eigenvalue weighted by atomic mass is 10.0. The fourth-order valence-corrected chi connectivity index (χ4v) is 2.59. The molecule has 2 N–H and O–H groups in total. The lowest BCUT2D eigenvalue weighted by Gasteiger charge is -2.10. The quantitative estimate of drug-likeness (QED) is 0.736. The highest BCUT2D eigenvalue weighted by Gasteiger charge is 2.16. The molecular formula is C18H14FNO5. The van der Waals surface area contributed by atoms with Crippen molar-refractivity contribution in [3.63, 3.8) is 0 Å². The van der Waals surface area contributed by atoms with Crippen LogP contribution in [0, 0.1) is 5.82 Å². The summed E-state index contributed by atoms with van der Waals surface area (Å²) >= 11 is 0. The second kappa shape index (κ2) is 6.27. The number of halogens is 1. The molecule has 0 aliphatic rings. The maximum Gasteiger partial charge on any atom is 0.344 e. The minimum absolute atomic E-state index is 0.0527. The van der Waals surface area contributed by atoms with E-state index < -0.39 is 17.3 Å². The maximum atomic E-state index is 13.7. The monoisotopic (exact) mass is 343 g/mol. The van der Waals surface area contributed by atoms with E-state index in [1.54, 1.807) is 18.2 Å². The zero-order chi connectivity index (χ0) is 18.1. The van der Waals surface area contributed by atoms with Crippen molar-refractivity contribution in [2.75, 3.05) is 14.2 Å². The first kappa shape index (κ1) is 16.5. The Morgan fingerprint density at radius 3 is 2.44 bits per heavy atom. The number of nitrogens with two attached hydrogens (primary N) is 1. The van der Waals surface area contributed by atoms with Crippen LogP contribution in [0.1, 0.15) is 10.4 Å². The van der Waals surface area contributed by atoms with E-state index in [1.165, 1.54) is 20.3 Å². The number of hydrogen-bond acceptors (Lipinski definition) is 5. The van der Waals surface area contributed by atoms with Crippen molar-refractivity contribution in [2.45, 2.75) is 0 Å². The largest absolute Gasteiger partial charge is 0.493 e. The van der Waals surface area contributed by atoms with Crippen molar-refractivity contribution in [1.82, 2.24) is 0 Å². The van der Waals surface area contributed by atoms with Crippen LogP contribution in [0.15, 0.2) is 45.6 Å². The molecule has 0 saturated carbocycles. The van der Waals surface area contributed by atoms with Crippen LogP contribution in [0.4, 0.5) is 4.39 Å². The first-order valence-electron chi connectivity index (χ1n) is 7.24. The molecule has 1 aromatic heterocycles. The van der Waals surface area contributed by atoms with E-state index in [4.69, 9.17) is 19.6 Å². The van der Waals surface area contributed by atoms with Crippen LogP contribution < -0.4 is 20.8 Å². The summed E-state index contributed by atoms with van der Waals surface area (Å²) < 4.78 is 29.3. The minimum Gasteiger partial charge on any atom is -0.493 e. The molecule has 25 heavy (non-hydrogen) atoms. The molecule has 1 amide bonds. The van der Waals surface area contributed by atoms with Crippen molar-refractivity contribution in [1.29, 1.82) is 0 Å². The Bertz CT molecular complexity index is 1040. The number of amides is 1. The molecule has 0 atom stereocenters. The SMILES string of the molecule is COc1ccc(-c2cc3cc(F)cc(C(N)=O)c3oc2=O)cc1OC. The molecule has 3 rings (SSSR count). The highest BCUT2D eigenvalue weighted by atomic mass is 19.1. The number of carbonyl (C=O) groups excluding carboxylic acids is 1. The van der Waals surface area contributed by atoms with Gasteiger partial charge < -0.3 is 19.6 Å². The van der Waals surface area contributed by atoms with Crippen molar-refractivity contribution >= 4 is 16.9 Å². The van der Waals surface area contributed by atoms with Crippen molar-refractivity contribution < 1.29 is 23.1 Å². The van der Waals surface area contributed by atoms with E-state index in [9.17, 15) is 14.0 Å². The lowest BCUT2D eigenvalue weighted by molar-refractivity contribution is 0.100. The molecular weight excluding hydrogens is 329 g/mol. The van der Waals surface area contributed by atoms with Crippen LogP contribution in [0.25, 0.3) is 22.1 Å². The van der Waals surface area contributed by atoms with Gasteiger partial charge in [0, 0.05) is 5.39 Å². The van der Waals surface area contributed by atoms with Gasteiger partial charge in [-0.3, -0.25) is 4.79 Å². The van der Waals surface area contributed by atoms with Gasteiger partial charge in [-0.05, 0) is 35.9 Å². The lowest BCUT2D eigenvalue weighted by Crippen LogP contribution is -2.13. The third-order valence-electron chi connectivity index (χ3n) is 3.76. The van der Waals surface area contributed by atoms with Crippen molar-refractivity contribution in [3.8, 4) is 22.6 Å². The smallest absolute Gasteiger partial charge is 0.344 e. The highest BCUT2D eigenvalue weighted by molar-refractivity contribution is 6.04. The van der Waals surface area contributed by atoms with Gasteiger partial charge in [0.1, 0.15) is 5.82 Å². The molecule has 0 aliphatic carbocycles. The third kappa shape index (κ3) is 2.91. The number of primary amides is 1. The zero-order valence-corrected chi connectivity index (χ0v) is 13.5. The van der Waals surface area contributed by atoms with Crippen molar-refractivity contribution in [2.24, 2.45) is 5.73 Å². The summed E-state index contributed by atoms with van der Waals surface area (Å²) in [5, 5.41) is 0.248. The fraction of sp³-hybridized carbons (Fsp3) is 0.111. The van der Waals surface area contributed by atoms with Crippen LogP contribution in [-0.4, -0.2) is 20.1 Å². The first-order chi connectivity index (χ1) is 11.9. The van der Waals surface area contributed by atoms with E-state index in [2.05, 4.69) is 0 Å². The van der Waals surface area contributed by atoms with Gasteiger partial charge in [-0.1, -0.05) is 6.07 Å². The van der Waals surface area contributed by atoms with Crippen LogP contribution in [-0.2, 0) is 0 Å². The van der Waals surface area contributed by atoms with Crippen LogP contribution in [0.5, 0.6) is 11.5 Å². The van der Waals surface area contributed by atoms with Gasteiger partial charge in [0.25, 0.3) is 5.91 Å². The summed E-state index contributed by atoms with van der Waals surface area (Å²) in [5.74, 6) is -0.616. The van der Waals surface area contributed by atoms with E-state index >= 15 is 0 Å². The summed E-state index contributed by atoms with van der Waals surface area (Å²) in [6.07, 6.45) is 0. The zero-order valence-electron chi connectivity index (χ0n) is 13.5. The average molecular weight is 343 g/mol. The normalized spacial score (nSPS) is 10.7. The molecule has 6 nitrogen and oxygen atoms in total. The number of hydrogen-bond donors (Lipinski definition) is 1. The summed E-state index contributed by atoms with van der Waals surface area (Å²) in [6.45, 7) is 0. The fourth-order valence-electron chi connectivity index (χ4n) is 2.59. The second-order valence-corrected chi connectivity index (χ2v) is 5.25. The van der Waals surface area contributed by atoms with Gasteiger partial charge in [-0.15, -0.1) is 0 Å². The Morgan fingerprint density at radius 2 is 1.80 bits per heavy atom. The molecule has 128 valence electrons. The predicted molar refractivity (Wildman–Crippen MR) is 89.5 cm³/mol. The summed E-state index contributed by atoms with van der Waals surface area (Å²) in [6, 6.07) is 8.42. The van der Waals surface area contributed by atoms with E-state index in [-0.39, 0.29) is 22.1 Å². The molecule has 0 aliphatic heterocycles. The maximum absolute atomic E-state index is 13.7. The Balaban J connectivity index is 2.26. The third-order valence-corrected chi connectivity index (χ3v) is 3.76. The molecule has 3 aromatic rings. The van der Waals surface area contributed by atoms with Crippen molar-refractivity contribution in [3.05, 3.63) is 58.2 Å². The number of fused-ring (bicyclic) bond motifs is 1. The van der Waals surface area contributed by atoms with E-state index in [1.807, 2.05) is 0 Å². The van der Waals surface area contributed by atoms with E-state index in [0.717, 1.165) is 12.1 Å². The number of rotatable bonds is 4. The van der Waals surface area contributed by atoms with Gasteiger partial charge in [0.15, 0.2) is 17.1 Å². The Morgan fingerprint density at radius 1 is 1.08 bits per heavy atom. The molecule has 0 fully saturated rings. The van der Waals surface area contributed by atoms with Gasteiger partial charge in [0.2, 0.25) is 0 Å². The van der Waals surface area contributed by atoms with Crippen LogP contribution in [0.3, 0.4) is 0 Å². The van der Waals surface area contributed by atoms with Gasteiger partial charge >= 0.3 is 5.63 Å². The molecule has 0 saturated heterocycles. The second-order valence-electron chi connectivity index (χ2n) is 5.25. The molecule has 0 radical (unpaired) electrons. The average Bonchev–Trinajstić information content (AvgIpc) is 2.60. The van der Waals surface area contributed by atoms with Crippen LogP contribution in [0.2, 0.25) is 0 Å². The number of methoxy groups -OCH3 is 2. The Kier molecular flexibility index (Phi) is 4.14. The van der Waals surface area contributed by atoms with Gasteiger partial charge in [0.05, 0.1) is 25.3 Å². The molecule has 0 bridgehead atoms. The topological polar surface area (TPSA) is 91.8 Å². The molecule has 7 heteroatoms. The first-order valence-corrected chi connectivity index (χ1v) is 7.24. The predicted octanol–water partition coefficient (Wildman–Crippen LogP) is 2.72. The summed E-state index contributed by atoms with van der Waals surface area (Å²) in [4.78, 5) is 23.8. The van der Waals surface area contributed by atoms with Gasteiger partial charge in [-0.25, -0.2) is 9.18 Å².